The molecule has 1 aromatic heterocycles. The average molecular weight is 221 g/mol. The maximum Gasteiger partial charge on any atom is 0.410 e. The molecule has 2 amide bonds. The van der Waals surface area contributed by atoms with Crippen molar-refractivity contribution in [3.05, 3.63) is 24.0 Å². The lowest BCUT2D eigenvalue weighted by atomic mass is 10.1. The van der Waals surface area contributed by atoms with E-state index in [0.29, 0.717) is 5.56 Å². The Hall–Kier alpha value is -2.11. The second-order valence-electron chi connectivity index (χ2n) is 3.48. The van der Waals surface area contributed by atoms with Crippen molar-refractivity contribution in [1.29, 1.82) is 0 Å². The van der Waals surface area contributed by atoms with Gasteiger partial charge in [0.2, 0.25) is 0 Å². The third kappa shape index (κ3) is 2.10. The maximum atomic E-state index is 11.8. The van der Waals surface area contributed by atoms with E-state index in [1.165, 1.54) is 18.5 Å². The van der Waals surface area contributed by atoms with Gasteiger partial charge in [0, 0.05) is 19.3 Å². The quantitative estimate of drug-likeness (QED) is 0.782. The van der Waals surface area contributed by atoms with E-state index in [-0.39, 0.29) is 11.7 Å². The van der Waals surface area contributed by atoms with Crippen molar-refractivity contribution in [3.8, 4) is 5.75 Å². The van der Waals surface area contributed by atoms with Crippen molar-refractivity contribution in [2.75, 3.05) is 13.1 Å². The van der Waals surface area contributed by atoms with Crippen LogP contribution in [0.1, 0.15) is 16.8 Å². The summed E-state index contributed by atoms with van der Waals surface area (Å²) in [6.45, 7) is 1.53. The van der Waals surface area contributed by atoms with Crippen molar-refractivity contribution in [3.63, 3.8) is 0 Å². The van der Waals surface area contributed by atoms with Gasteiger partial charge in [0.05, 0.1) is 11.8 Å². The van der Waals surface area contributed by atoms with Crippen molar-refractivity contribution < 1.29 is 14.3 Å². The SMILES string of the molecule is NC(=O)Oc1cncc(C(=O)N2CCC2)c1. The van der Waals surface area contributed by atoms with Crippen LogP contribution >= 0.6 is 0 Å². The van der Waals surface area contributed by atoms with Crippen molar-refractivity contribution >= 4 is 12.0 Å². The van der Waals surface area contributed by atoms with E-state index in [1.54, 1.807) is 4.90 Å². The van der Waals surface area contributed by atoms with Crippen LogP contribution in [0, 0.1) is 0 Å². The number of carbonyl (C=O) groups excluding carboxylic acids is 2. The predicted octanol–water partition coefficient (Wildman–Crippen LogP) is 0.385. The van der Waals surface area contributed by atoms with Crippen molar-refractivity contribution in [2.24, 2.45) is 5.73 Å². The Kier molecular flexibility index (Phi) is 2.72. The van der Waals surface area contributed by atoms with Crippen LogP contribution in [0.5, 0.6) is 5.75 Å². The molecule has 0 unspecified atom stereocenters. The van der Waals surface area contributed by atoms with Gasteiger partial charge in [-0.2, -0.15) is 0 Å². The minimum Gasteiger partial charge on any atom is -0.409 e. The number of hydrogen-bond donors (Lipinski definition) is 1. The number of nitrogens with zero attached hydrogens (tertiary/aromatic N) is 2. The summed E-state index contributed by atoms with van der Waals surface area (Å²) < 4.78 is 4.64. The zero-order valence-corrected chi connectivity index (χ0v) is 8.55. The predicted molar refractivity (Wildman–Crippen MR) is 55.0 cm³/mol. The number of primary amides is 1. The van der Waals surface area contributed by atoms with Gasteiger partial charge in [-0.3, -0.25) is 9.78 Å². The number of carbonyl (C=O) groups is 2. The van der Waals surface area contributed by atoms with Gasteiger partial charge >= 0.3 is 6.09 Å². The molecule has 1 aliphatic rings. The van der Waals surface area contributed by atoms with E-state index < -0.39 is 6.09 Å². The lowest BCUT2D eigenvalue weighted by molar-refractivity contribution is 0.0651. The van der Waals surface area contributed by atoms with Gasteiger partial charge in [-0.15, -0.1) is 0 Å². The molecule has 0 aliphatic carbocycles. The fourth-order valence-corrected chi connectivity index (χ4v) is 1.41. The molecule has 6 heteroatoms. The minimum atomic E-state index is -0.921. The fourth-order valence-electron chi connectivity index (χ4n) is 1.41. The highest BCUT2D eigenvalue weighted by molar-refractivity contribution is 5.94. The molecule has 1 fully saturated rings. The maximum absolute atomic E-state index is 11.8. The van der Waals surface area contributed by atoms with Crippen LogP contribution < -0.4 is 10.5 Å². The largest absolute Gasteiger partial charge is 0.410 e. The van der Waals surface area contributed by atoms with Crippen LogP contribution in [0.15, 0.2) is 18.5 Å². The Bertz CT molecular complexity index is 429. The van der Waals surface area contributed by atoms with Gasteiger partial charge in [0.15, 0.2) is 5.75 Å². The summed E-state index contributed by atoms with van der Waals surface area (Å²) in [4.78, 5) is 27.8. The highest BCUT2D eigenvalue weighted by atomic mass is 16.5. The molecule has 0 saturated carbocycles. The molecule has 84 valence electrons. The third-order valence-corrected chi connectivity index (χ3v) is 2.32. The lowest BCUT2D eigenvalue weighted by Gasteiger charge is -2.30. The van der Waals surface area contributed by atoms with E-state index in [2.05, 4.69) is 9.72 Å². The summed E-state index contributed by atoms with van der Waals surface area (Å²) >= 11 is 0. The van der Waals surface area contributed by atoms with Crippen LogP contribution in [0.2, 0.25) is 0 Å². The van der Waals surface area contributed by atoms with E-state index in [4.69, 9.17) is 5.73 Å². The van der Waals surface area contributed by atoms with Crippen LogP contribution in [0.3, 0.4) is 0 Å². The molecule has 1 saturated heterocycles. The summed E-state index contributed by atoms with van der Waals surface area (Å²) in [7, 11) is 0. The molecule has 0 aromatic carbocycles. The van der Waals surface area contributed by atoms with Crippen molar-refractivity contribution in [1.82, 2.24) is 9.88 Å². The summed E-state index contributed by atoms with van der Waals surface area (Å²) in [6, 6.07) is 1.46. The topological polar surface area (TPSA) is 85.5 Å². The second-order valence-corrected chi connectivity index (χ2v) is 3.48. The first-order chi connectivity index (χ1) is 7.66. The molecule has 1 aromatic rings. The number of nitrogens with two attached hydrogens (primary N) is 1. The van der Waals surface area contributed by atoms with Crippen LogP contribution in [-0.4, -0.2) is 35.0 Å². The zero-order chi connectivity index (χ0) is 11.5. The molecule has 1 aliphatic heterocycles. The molecule has 0 spiro atoms. The molecule has 0 radical (unpaired) electrons. The Balaban J connectivity index is 2.14. The third-order valence-electron chi connectivity index (χ3n) is 2.32. The van der Waals surface area contributed by atoms with Gasteiger partial charge in [-0.1, -0.05) is 0 Å². The number of aromatic nitrogens is 1. The summed E-state index contributed by atoms with van der Waals surface area (Å²) in [6.07, 6.45) is 2.87. The monoisotopic (exact) mass is 221 g/mol. The fraction of sp³-hybridized carbons (Fsp3) is 0.300. The van der Waals surface area contributed by atoms with Crippen LogP contribution in [0.25, 0.3) is 0 Å². The van der Waals surface area contributed by atoms with E-state index in [1.807, 2.05) is 0 Å². The van der Waals surface area contributed by atoms with Crippen LogP contribution in [-0.2, 0) is 0 Å². The zero-order valence-electron chi connectivity index (χ0n) is 8.55. The van der Waals surface area contributed by atoms with Crippen molar-refractivity contribution in [2.45, 2.75) is 6.42 Å². The smallest absolute Gasteiger partial charge is 0.409 e. The molecule has 6 nitrogen and oxygen atoms in total. The molecular weight excluding hydrogens is 210 g/mol. The molecule has 0 bridgehead atoms. The number of amides is 2. The Morgan fingerprint density at radius 3 is 2.69 bits per heavy atom. The molecule has 0 atom stereocenters. The first-order valence-corrected chi connectivity index (χ1v) is 4.88. The molecular formula is C10H11N3O3. The van der Waals surface area contributed by atoms with Gasteiger partial charge in [0.25, 0.3) is 5.91 Å². The van der Waals surface area contributed by atoms with Crippen LogP contribution in [0.4, 0.5) is 4.79 Å². The standard InChI is InChI=1S/C10H11N3O3/c11-10(15)16-8-4-7(5-12-6-8)9(14)13-2-1-3-13/h4-6H,1-3H2,(H2,11,15). The number of likely N-dealkylation sites (tertiary alicyclic amines) is 1. The lowest BCUT2D eigenvalue weighted by Crippen LogP contribution is -2.42. The normalized spacial score (nSPS) is 14.1. The Morgan fingerprint density at radius 1 is 1.38 bits per heavy atom. The minimum absolute atomic E-state index is 0.103. The number of rotatable bonds is 2. The van der Waals surface area contributed by atoms with E-state index >= 15 is 0 Å². The molecule has 16 heavy (non-hydrogen) atoms. The summed E-state index contributed by atoms with van der Waals surface area (Å²) in [5, 5.41) is 0. The number of hydrogen-bond acceptors (Lipinski definition) is 4. The first-order valence-electron chi connectivity index (χ1n) is 4.88. The van der Waals surface area contributed by atoms with Gasteiger partial charge in [-0.05, 0) is 12.5 Å². The molecule has 2 rings (SSSR count). The first kappa shape index (κ1) is 10.4. The highest BCUT2D eigenvalue weighted by Crippen LogP contribution is 2.16. The van der Waals surface area contributed by atoms with Gasteiger partial charge in [-0.25, -0.2) is 4.79 Å². The number of ether oxygens (including phenoxy) is 1. The molecule has 2 N–H and O–H groups in total. The molecule has 2 heterocycles. The summed E-state index contributed by atoms with van der Waals surface area (Å²) in [5.41, 5.74) is 5.26. The Morgan fingerprint density at radius 2 is 2.12 bits per heavy atom. The van der Waals surface area contributed by atoms with Gasteiger partial charge in [0.1, 0.15) is 0 Å². The second kappa shape index (κ2) is 4.18. The average Bonchev–Trinajstić information content (AvgIpc) is 2.14. The highest BCUT2D eigenvalue weighted by Gasteiger charge is 2.22. The van der Waals surface area contributed by atoms with E-state index in [0.717, 1.165) is 19.5 Å². The van der Waals surface area contributed by atoms with E-state index in [9.17, 15) is 9.59 Å². The Labute approximate surface area is 92.0 Å². The van der Waals surface area contributed by atoms with Gasteiger partial charge < -0.3 is 15.4 Å². The number of pyridine rings is 1. The summed E-state index contributed by atoms with van der Waals surface area (Å²) in [5.74, 6) is 0.0764.